The van der Waals surface area contributed by atoms with Crippen molar-refractivity contribution >= 4 is 17.3 Å². The molecule has 4 nitrogen and oxygen atoms in total. The number of piperidine rings is 1. The molecule has 1 aliphatic heterocycles. The number of nitrogens with one attached hydrogen (secondary N) is 1. The molecular weight excluding hydrogens is 276 g/mol. The van der Waals surface area contributed by atoms with Gasteiger partial charge in [-0.3, -0.25) is 4.79 Å². The summed E-state index contributed by atoms with van der Waals surface area (Å²) in [5.74, 6) is 0.104. The lowest BCUT2D eigenvalue weighted by Gasteiger charge is -2.33. The molecule has 0 radical (unpaired) electrons. The average Bonchev–Trinajstić information content (AvgIpc) is 2.58. The molecule has 3 rings (SSSR count). The van der Waals surface area contributed by atoms with E-state index in [4.69, 9.17) is 0 Å². The maximum Gasteiger partial charge on any atom is 0.249 e. The van der Waals surface area contributed by atoms with Gasteiger partial charge in [0, 0.05) is 17.9 Å². The zero-order chi connectivity index (χ0) is 15.4. The monoisotopic (exact) mass is 296 g/mol. The van der Waals surface area contributed by atoms with Gasteiger partial charge in [-0.25, -0.2) is 0 Å². The van der Waals surface area contributed by atoms with Crippen molar-refractivity contribution in [2.75, 3.05) is 16.8 Å². The van der Waals surface area contributed by atoms with Crippen LogP contribution in [0.1, 0.15) is 18.4 Å². The van der Waals surface area contributed by atoms with Crippen LogP contribution in [0.4, 0.5) is 11.4 Å². The maximum absolute atomic E-state index is 12.7. The zero-order valence-electron chi connectivity index (χ0n) is 12.4. The summed E-state index contributed by atoms with van der Waals surface area (Å²) in [7, 11) is 0. The van der Waals surface area contributed by atoms with Gasteiger partial charge in [0.15, 0.2) is 0 Å². The Balaban J connectivity index is 1.75. The van der Waals surface area contributed by atoms with Gasteiger partial charge in [0.1, 0.15) is 6.04 Å². The number of nitrogens with zero attached hydrogens (tertiary/aromatic N) is 1. The highest BCUT2D eigenvalue weighted by atomic mass is 16.3. The predicted octanol–water partition coefficient (Wildman–Crippen LogP) is 2.79. The number of aliphatic hydroxyl groups excluding tert-OH is 1. The number of rotatable bonds is 4. The molecule has 0 saturated carbocycles. The highest BCUT2D eigenvalue weighted by molar-refractivity contribution is 5.99. The first-order valence-electron chi connectivity index (χ1n) is 7.60. The lowest BCUT2D eigenvalue weighted by molar-refractivity contribution is -0.120. The minimum atomic E-state index is -0.220. The third-order valence-corrected chi connectivity index (χ3v) is 3.96. The van der Waals surface area contributed by atoms with Gasteiger partial charge in [0.25, 0.3) is 0 Å². The second kappa shape index (κ2) is 6.62. The van der Waals surface area contributed by atoms with Gasteiger partial charge in [0.2, 0.25) is 5.91 Å². The fraction of sp³-hybridized carbons (Fsp3) is 0.278. The Morgan fingerprint density at radius 2 is 1.95 bits per heavy atom. The molecule has 22 heavy (non-hydrogen) atoms. The van der Waals surface area contributed by atoms with Crippen molar-refractivity contribution in [3.8, 4) is 0 Å². The van der Waals surface area contributed by atoms with Crippen molar-refractivity contribution in [1.29, 1.82) is 0 Å². The molecule has 1 fully saturated rings. The Morgan fingerprint density at radius 3 is 2.73 bits per heavy atom. The number of para-hydroxylation sites is 1. The van der Waals surface area contributed by atoms with E-state index in [-0.39, 0.29) is 18.6 Å². The molecule has 0 aromatic heterocycles. The van der Waals surface area contributed by atoms with Gasteiger partial charge in [-0.15, -0.1) is 0 Å². The number of anilines is 2. The van der Waals surface area contributed by atoms with Crippen LogP contribution in [0.25, 0.3) is 0 Å². The molecule has 2 N–H and O–H groups in total. The number of benzene rings is 2. The Labute approximate surface area is 130 Å². The highest BCUT2D eigenvalue weighted by Crippen LogP contribution is 2.23. The lowest BCUT2D eigenvalue weighted by atomic mass is 10.0. The normalized spacial score (nSPS) is 18.3. The summed E-state index contributed by atoms with van der Waals surface area (Å²) >= 11 is 0. The van der Waals surface area contributed by atoms with Crippen LogP contribution < -0.4 is 10.2 Å². The average molecular weight is 296 g/mol. The number of amides is 1. The molecule has 1 aliphatic rings. The van der Waals surface area contributed by atoms with Crippen LogP contribution in [-0.4, -0.2) is 23.6 Å². The van der Waals surface area contributed by atoms with Gasteiger partial charge in [0.05, 0.1) is 6.61 Å². The van der Waals surface area contributed by atoms with Crippen LogP contribution in [-0.2, 0) is 11.4 Å². The van der Waals surface area contributed by atoms with Crippen LogP contribution in [0.5, 0.6) is 0 Å². The van der Waals surface area contributed by atoms with Crippen LogP contribution in [0.15, 0.2) is 54.6 Å². The molecule has 2 aromatic rings. The van der Waals surface area contributed by atoms with E-state index in [0.29, 0.717) is 0 Å². The van der Waals surface area contributed by atoms with Gasteiger partial charge in [-0.05, 0) is 42.7 Å². The smallest absolute Gasteiger partial charge is 0.249 e. The number of aliphatic hydroxyl groups is 1. The summed E-state index contributed by atoms with van der Waals surface area (Å²) in [6, 6.07) is 17.1. The number of carbonyl (C=O) groups is 1. The lowest BCUT2D eigenvalue weighted by Crippen LogP contribution is -2.47. The topological polar surface area (TPSA) is 52.6 Å². The minimum absolute atomic E-state index is 0.00424. The van der Waals surface area contributed by atoms with E-state index in [1.165, 1.54) is 0 Å². The van der Waals surface area contributed by atoms with E-state index < -0.39 is 0 Å². The predicted molar refractivity (Wildman–Crippen MR) is 87.8 cm³/mol. The molecule has 0 bridgehead atoms. The van der Waals surface area contributed by atoms with Gasteiger partial charge < -0.3 is 15.3 Å². The molecule has 2 aromatic carbocycles. The highest BCUT2D eigenvalue weighted by Gasteiger charge is 2.29. The van der Waals surface area contributed by atoms with E-state index in [1.54, 1.807) is 0 Å². The van der Waals surface area contributed by atoms with Crippen molar-refractivity contribution in [2.24, 2.45) is 0 Å². The summed E-state index contributed by atoms with van der Waals surface area (Å²) in [5.41, 5.74) is 2.66. The molecule has 1 heterocycles. The first kappa shape index (κ1) is 14.6. The molecule has 1 amide bonds. The van der Waals surface area contributed by atoms with Crippen LogP contribution in [0.2, 0.25) is 0 Å². The van der Waals surface area contributed by atoms with Crippen molar-refractivity contribution in [3.05, 3.63) is 60.2 Å². The number of hydrogen-bond acceptors (Lipinski definition) is 3. The Morgan fingerprint density at radius 1 is 1.14 bits per heavy atom. The second-order valence-corrected chi connectivity index (χ2v) is 5.52. The molecular formula is C18H20N2O2. The summed E-state index contributed by atoms with van der Waals surface area (Å²) in [4.78, 5) is 14.5. The van der Waals surface area contributed by atoms with Crippen molar-refractivity contribution < 1.29 is 9.90 Å². The van der Waals surface area contributed by atoms with E-state index in [2.05, 4.69) is 5.32 Å². The van der Waals surface area contributed by atoms with Crippen molar-refractivity contribution in [2.45, 2.75) is 25.5 Å². The maximum atomic E-state index is 12.7. The number of hydrogen-bond donors (Lipinski definition) is 2. The Hall–Kier alpha value is -2.33. The first-order valence-corrected chi connectivity index (χ1v) is 7.60. The largest absolute Gasteiger partial charge is 0.392 e. The van der Waals surface area contributed by atoms with Gasteiger partial charge in [-0.2, -0.15) is 0 Å². The van der Waals surface area contributed by atoms with Crippen molar-refractivity contribution in [1.82, 2.24) is 0 Å². The van der Waals surface area contributed by atoms with Crippen LogP contribution in [0.3, 0.4) is 0 Å². The Bertz CT molecular complexity index is 643. The molecule has 114 valence electrons. The summed E-state index contributed by atoms with van der Waals surface area (Å²) < 4.78 is 0. The molecule has 0 spiro atoms. The minimum Gasteiger partial charge on any atom is -0.392 e. The molecule has 4 heteroatoms. The standard InChI is InChI=1S/C18H20N2O2/c21-13-14-6-4-7-15(12-14)19-17-10-5-11-20(18(17)22)16-8-2-1-3-9-16/h1-4,6-9,12,17,19,21H,5,10-11,13H2. The van der Waals surface area contributed by atoms with E-state index in [9.17, 15) is 9.90 Å². The Kier molecular flexibility index (Phi) is 4.39. The molecule has 1 saturated heterocycles. The first-order chi connectivity index (χ1) is 10.8. The van der Waals surface area contributed by atoms with Crippen LogP contribution >= 0.6 is 0 Å². The second-order valence-electron chi connectivity index (χ2n) is 5.52. The van der Waals surface area contributed by atoms with Gasteiger partial charge in [-0.1, -0.05) is 30.3 Å². The molecule has 0 aliphatic carbocycles. The SMILES string of the molecule is O=C1C(Nc2cccc(CO)c2)CCCN1c1ccccc1. The quantitative estimate of drug-likeness (QED) is 0.912. The van der Waals surface area contributed by atoms with Crippen molar-refractivity contribution in [3.63, 3.8) is 0 Å². The van der Waals surface area contributed by atoms with E-state index in [0.717, 1.165) is 36.3 Å². The zero-order valence-corrected chi connectivity index (χ0v) is 12.4. The molecule has 1 atom stereocenters. The summed E-state index contributed by atoms with van der Waals surface area (Å²) in [5, 5.41) is 12.5. The van der Waals surface area contributed by atoms with E-state index in [1.807, 2.05) is 59.5 Å². The number of carbonyl (C=O) groups excluding carboxylic acids is 1. The molecule has 1 unspecified atom stereocenters. The fourth-order valence-corrected chi connectivity index (χ4v) is 2.83. The third-order valence-electron chi connectivity index (χ3n) is 3.96. The van der Waals surface area contributed by atoms with Crippen LogP contribution in [0, 0.1) is 0 Å². The summed E-state index contributed by atoms with van der Waals surface area (Å²) in [6.07, 6.45) is 1.80. The fourth-order valence-electron chi connectivity index (χ4n) is 2.83. The third kappa shape index (κ3) is 3.12. The van der Waals surface area contributed by atoms with E-state index >= 15 is 0 Å². The summed E-state index contributed by atoms with van der Waals surface area (Å²) in [6.45, 7) is 0.766. The van der Waals surface area contributed by atoms with Gasteiger partial charge >= 0.3 is 0 Å².